The summed E-state index contributed by atoms with van der Waals surface area (Å²) in [5.74, 6) is 1.65. The zero-order chi connectivity index (χ0) is 10.4. The van der Waals surface area contributed by atoms with E-state index < -0.39 is 0 Å². The highest BCUT2D eigenvalue weighted by Gasteiger charge is 2.43. The van der Waals surface area contributed by atoms with Crippen molar-refractivity contribution in [1.82, 2.24) is 5.32 Å². The van der Waals surface area contributed by atoms with Crippen LogP contribution in [0, 0.1) is 0 Å². The van der Waals surface area contributed by atoms with Crippen molar-refractivity contribution in [1.29, 1.82) is 0 Å². The maximum atomic E-state index is 11.4. The van der Waals surface area contributed by atoms with Crippen LogP contribution in [0.15, 0.2) is 0 Å². The number of nitrogens with one attached hydrogen (secondary N) is 1. The fraction of sp³-hybridized carbons (Fsp3) is 0.900. The highest BCUT2D eigenvalue weighted by atomic mass is 32.2. The predicted molar refractivity (Wildman–Crippen MR) is 59.4 cm³/mol. The first-order valence-corrected chi connectivity index (χ1v) is 6.37. The summed E-state index contributed by atoms with van der Waals surface area (Å²) < 4.78 is 0. The molecule has 0 spiro atoms. The summed E-state index contributed by atoms with van der Waals surface area (Å²) in [5.41, 5.74) is -0.248. The molecule has 0 aliphatic heterocycles. The Hall–Kier alpha value is -0.220. The Labute approximate surface area is 89.6 Å². The molecule has 0 unspecified atom stereocenters. The fourth-order valence-corrected chi connectivity index (χ4v) is 2.11. The number of carbonyl (C=O) groups is 1. The number of carbonyl (C=O) groups excluding carboxylic acids is 1. The summed E-state index contributed by atoms with van der Waals surface area (Å²) in [4.78, 5) is 11.4. The van der Waals surface area contributed by atoms with Gasteiger partial charge in [0, 0.05) is 0 Å². The van der Waals surface area contributed by atoms with Gasteiger partial charge in [0.1, 0.15) is 0 Å². The maximum absolute atomic E-state index is 11.4. The molecule has 0 radical (unpaired) electrons. The molecule has 1 saturated carbocycles. The number of unbranched alkanes of at least 4 members (excludes halogenated alkanes) is 1. The van der Waals surface area contributed by atoms with E-state index in [1.54, 1.807) is 11.8 Å². The molecule has 0 bridgehead atoms. The molecule has 0 aromatic heterocycles. The standard InChI is InChI=1S/C10H19NO2S/c1-2-3-6-14-7-9(13)11-10(8-12)4-5-10/h12H,2-8H2,1H3,(H,11,13). The molecule has 0 aromatic carbocycles. The number of amides is 1. The first-order chi connectivity index (χ1) is 6.72. The van der Waals surface area contributed by atoms with Crippen LogP contribution in [0.2, 0.25) is 0 Å². The minimum atomic E-state index is -0.248. The van der Waals surface area contributed by atoms with Crippen LogP contribution >= 0.6 is 11.8 Å². The van der Waals surface area contributed by atoms with E-state index in [4.69, 9.17) is 5.11 Å². The van der Waals surface area contributed by atoms with Crippen LogP contribution in [0.5, 0.6) is 0 Å². The predicted octanol–water partition coefficient (Wildman–Crippen LogP) is 1.16. The van der Waals surface area contributed by atoms with Crippen LogP contribution in [-0.2, 0) is 4.79 Å². The van der Waals surface area contributed by atoms with Gasteiger partial charge in [0.25, 0.3) is 0 Å². The van der Waals surface area contributed by atoms with Crippen molar-refractivity contribution in [2.24, 2.45) is 0 Å². The van der Waals surface area contributed by atoms with E-state index in [0.717, 1.165) is 18.6 Å². The Morgan fingerprint density at radius 3 is 2.79 bits per heavy atom. The van der Waals surface area contributed by atoms with Crippen molar-refractivity contribution in [3.63, 3.8) is 0 Å². The van der Waals surface area contributed by atoms with E-state index >= 15 is 0 Å². The fourth-order valence-electron chi connectivity index (χ4n) is 1.22. The van der Waals surface area contributed by atoms with Gasteiger partial charge in [-0.3, -0.25) is 4.79 Å². The van der Waals surface area contributed by atoms with Crippen molar-refractivity contribution in [2.75, 3.05) is 18.1 Å². The molecule has 1 fully saturated rings. The topological polar surface area (TPSA) is 49.3 Å². The minimum absolute atomic E-state index is 0.0673. The minimum Gasteiger partial charge on any atom is -0.394 e. The molecule has 4 heteroatoms. The van der Waals surface area contributed by atoms with Crippen LogP contribution in [0.25, 0.3) is 0 Å². The molecule has 2 N–H and O–H groups in total. The van der Waals surface area contributed by atoms with Gasteiger partial charge in [-0.15, -0.1) is 0 Å². The van der Waals surface area contributed by atoms with Gasteiger partial charge in [-0.2, -0.15) is 11.8 Å². The lowest BCUT2D eigenvalue weighted by Gasteiger charge is -2.13. The first kappa shape index (κ1) is 11.9. The molecular weight excluding hydrogens is 198 g/mol. The lowest BCUT2D eigenvalue weighted by molar-refractivity contribution is -0.119. The molecule has 0 saturated heterocycles. The summed E-state index contributed by atoms with van der Waals surface area (Å²) >= 11 is 1.67. The molecular formula is C10H19NO2S. The zero-order valence-electron chi connectivity index (χ0n) is 8.71. The lowest BCUT2D eigenvalue weighted by Crippen LogP contribution is -2.40. The van der Waals surface area contributed by atoms with Crippen LogP contribution < -0.4 is 5.32 Å². The van der Waals surface area contributed by atoms with Crippen molar-refractivity contribution in [3.8, 4) is 0 Å². The normalized spacial score (nSPS) is 17.9. The largest absolute Gasteiger partial charge is 0.394 e. The Bertz CT molecular complexity index is 193. The number of hydrogen-bond donors (Lipinski definition) is 2. The molecule has 0 heterocycles. The van der Waals surface area contributed by atoms with Gasteiger partial charge >= 0.3 is 0 Å². The second-order valence-corrected chi connectivity index (χ2v) is 5.00. The van der Waals surface area contributed by atoms with E-state index in [2.05, 4.69) is 12.2 Å². The third kappa shape index (κ3) is 3.88. The Balaban J connectivity index is 2.04. The van der Waals surface area contributed by atoms with Crippen molar-refractivity contribution in [2.45, 2.75) is 38.1 Å². The molecule has 82 valence electrons. The quantitative estimate of drug-likeness (QED) is 0.629. The van der Waals surface area contributed by atoms with Gasteiger partial charge in [0.2, 0.25) is 5.91 Å². The average Bonchev–Trinajstić information content (AvgIpc) is 2.93. The smallest absolute Gasteiger partial charge is 0.230 e. The van der Waals surface area contributed by atoms with Gasteiger partial charge in [-0.1, -0.05) is 13.3 Å². The summed E-state index contributed by atoms with van der Waals surface area (Å²) in [6.07, 6.45) is 4.20. The monoisotopic (exact) mass is 217 g/mol. The zero-order valence-corrected chi connectivity index (χ0v) is 9.53. The van der Waals surface area contributed by atoms with E-state index in [0.29, 0.717) is 5.75 Å². The van der Waals surface area contributed by atoms with Gasteiger partial charge in [-0.05, 0) is 25.0 Å². The third-order valence-corrected chi connectivity index (χ3v) is 3.48. The van der Waals surface area contributed by atoms with Crippen LogP contribution in [0.3, 0.4) is 0 Å². The first-order valence-electron chi connectivity index (χ1n) is 5.22. The second-order valence-electron chi connectivity index (χ2n) is 3.89. The number of rotatable bonds is 7. The molecule has 1 amide bonds. The Kier molecular flexibility index (Phi) is 4.75. The second kappa shape index (κ2) is 5.61. The highest BCUT2D eigenvalue weighted by Crippen LogP contribution is 2.34. The molecule has 1 rings (SSSR count). The van der Waals surface area contributed by atoms with Gasteiger partial charge in [-0.25, -0.2) is 0 Å². The van der Waals surface area contributed by atoms with Crippen molar-refractivity contribution >= 4 is 17.7 Å². The summed E-state index contributed by atoms with van der Waals surface area (Å²) in [6.45, 7) is 2.23. The molecule has 1 aliphatic carbocycles. The Morgan fingerprint density at radius 2 is 2.29 bits per heavy atom. The van der Waals surface area contributed by atoms with E-state index in [-0.39, 0.29) is 18.1 Å². The van der Waals surface area contributed by atoms with Crippen molar-refractivity contribution in [3.05, 3.63) is 0 Å². The SMILES string of the molecule is CCCCSCC(=O)NC1(CO)CC1. The molecule has 14 heavy (non-hydrogen) atoms. The summed E-state index contributed by atoms with van der Waals surface area (Å²) in [7, 11) is 0. The van der Waals surface area contributed by atoms with Crippen LogP contribution in [0.4, 0.5) is 0 Å². The van der Waals surface area contributed by atoms with Crippen LogP contribution in [-0.4, -0.2) is 34.7 Å². The van der Waals surface area contributed by atoms with Gasteiger partial charge < -0.3 is 10.4 Å². The van der Waals surface area contributed by atoms with Gasteiger partial charge in [0.05, 0.1) is 17.9 Å². The highest BCUT2D eigenvalue weighted by molar-refractivity contribution is 7.99. The molecule has 0 aromatic rings. The number of aliphatic hydroxyl groups is 1. The van der Waals surface area contributed by atoms with Gasteiger partial charge in [0.15, 0.2) is 0 Å². The summed E-state index contributed by atoms with van der Waals surface area (Å²) in [5, 5.41) is 11.9. The summed E-state index contributed by atoms with van der Waals surface area (Å²) in [6, 6.07) is 0. The molecule has 0 atom stereocenters. The average molecular weight is 217 g/mol. The molecule has 3 nitrogen and oxygen atoms in total. The Morgan fingerprint density at radius 1 is 1.57 bits per heavy atom. The van der Waals surface area contributed by atoms with E-state index in [1.165, 1.54) is 12.8 Å². The number of aliphatic hydroxyl groups excluding tert-OH is 1. The number of hydrogen-bond acceptors (Lipinski definition) is 3. The van der Waals surface area contributed by atoms with Crippen molar-refractivity contribution < 1.29 is 9.90 Å². The maximum Gasteiger partial charge on any atom is 0.230 e. The van der Waals surface area contributed by atoms with Crippen LogP contribution in [0.1, 0.15) is 32.6 Å². The molecule has 1 aliphatic rings. The van der Waals surface area contributed by atoms with E-state index in [1.807, 2.05) is 0 Å². The third-order valence-electron chi connectivity index (χ3n) is 2.44. The lowest BCUT2D eigenvalue weighted by atomic mass is 10.3. The van der Waals surface area contributed by atoms with E-state index in [9.17, 15) is 4.79 Å². The number of thioether (sulfide) groups is 1.